The van der Waals surface area contributed by atoms with E-state index in [2.05, 4.69) is 5.32 Å². The maximum Gasteiger partial charge on any atom is 0.203 e. The van der Waals surface area contributed by atoms with Gasteiger partial charge in [0, 0.05) is 12.6 Å². The number of hydrogen-bond acceptors (Lipinski definition) is 4. The van der Waals surface area contributed by atoms with Crippen molar-refractivity contribution < 1.29 is 9.15 Å². The average molecular weight is 208 g/mol. The molecule has 0 amide bonds. The molecule has 1 atom stereocenters. The molecule has 1 aromatic rings. The minimum Gasteiger partial charge on any atom is -0.449 e. The van der Waals surface area contributed by atoms with E-state index in [9.17, 15) is 0 Å². The predicted molar refractivity (Wildman–Crippen MR) is 56.2 cm³/mol. The molecule has 1 unspecified atom stereocenters. The highest BCUT2D eigenvalue weighted by molar-refractivity contribution is 5.18. The summed E-state index contributed by atoms with van der Waals surface area (Å²) < 4.78 is 10.5. The minimum absolute atomic E-state index is 0.278. The Morgan fingerprint density at radius 2 is 2.40 bits per heavy atom. The van der Waals surface area contributed by atoms with Crippen molar-refractivity contribution in [2.24, 2.45) is 0 Å². The van der Waals surface area contributed by atoms with Gasteiger partial charge in [0.2, 0.25) is 5.76 Å². The molecule has 0 spiro atoms. The topological polar surface area (TPSA) is 58.2 Å². The lowest BCUT2D eigenvalue weighted by Crippen LogP contribution is -2.29. The van der Waals surface area contributed by atoms with Crippen LogP contribution >= 0.6 is 0 Å². The summed E-state index contributed by atoms with van der Waals surface area (Å²) in [4.78, 5) is 0. The largest absolute Gasteiger partial charge is 0.449 e. The Morgan fingerprint density at radius 1 is 1.60 bits per heavy atom. The highest BCUT2D eigenvalue weighted by Crippen LogP contribution is 2.06. The minimum atomic E-state index is 0.278. The van der Waals surface area contributed by atoms with E-state index in [1.807, 2.05) is 19.9 Å². The fraction of sp³-hybridized carbons (Fsp3) is 0.545. The van der Waals surface area contributed by atoms with Gasteiger partial charge in [-0.05, 0) is 26.0 Å². The first kappa shape index (κ1) is 11.8. The summed E-state index contributed by atoms with van der Waals surface area (Å²) in [6.07, 6.45) is 0. The molecule has 0 saturated heterocycles. The smallest absolute Gasteiger partial charge is 0.203 e. The van der Waals surface area contributed by atoms with E-state index >= 15 is 0 Å². The second-order valence-electron chi connectivity index (χ2n) is 3.32. The lowest BCUT2D eigenvalue weighted by molar-refractivity contribution is 0.126. The van der Waals surface area contributed by atoms with Crippen LogP contribution in [0, 0.1) is 11.3 Å². The fourth-order valence-corrected chi connectivity index (χ4v) is 1.16. The third kappa shape index (κ3) is 4.15. The summed E-state index contributed by atoms with van der Waals surface area (Å²) in [7, 11) is 0. The Hall–Kier alpha value is -1.31. The predicted octanol–water partition coefficient (Wildman–Crippen LogP) is 1.67. The molecule has 1 rings (SSSR count). The van der Waals surface area contributed by atoms with E-state index in [4.69, 9.17) is 14.4 Å². The Kier molecular flexibility index (Phi) is 4.88. The Labute approximate surface area is 89.8 Å². The number of ether oxygens (including phenoxy) is 1. The standard InChI is InChI=1S/C11H16N2O2/c1-3-14-8-9(2)13-7-11-5-4-10(6-12)15-11/h4-5,9,13H,3,7-8H2,1-2H3. The number of furan rings is 1. The molecule has 82 valence electrons. The van der Waals surface area contributed by atoms with Gasteiger partial charge in [0.25, 0.3) is 0 Å². The lowest BCUT2D eigenvalue weighted by atomic mass is 10.3. The SMILES string of the molecule is CCOCC(C)NCc1ccc(C#N)o1. The fourth-order valence-electron chi connectivity index (χ4n) is 1.16. The molecule has 4 nitrogen and oxygen atoms in total. The van der Waals surface area contributed by atoms with E-state index in [1.54, 1.807) is 12.1 Å². The third-order valence-electron chi connectivity index (χ3n) is 1.97. The summed E-state index contributed by atoms with van der Waals surface area (Å²) in [6.45, 7) is 6.05. The van der Waals surface area contributed by atoms with Crippen LogP contribution in [0.25, 0.3) is 0 Å². The zero-order valence-corrected chi connectivity index (χ0v) is 9.12. The zero-order valence-electron chi connectivity index (χ0n) is 9.12. The van der Waals surface area contributed by atoms with Crippen molar-refractivity contribution in [3.63, 3.8) is 0 Å². The van der Waals surface area contributed by atoms with E-state index in [0.29, 0.717) is 18.9 Å². The first-order valence-electron chi connectivity index (χ1n) is 5.06. The van der Waals surface area contributed by atoms with Crippen LogP contribution in [0.5, 0.6) is 0 Å². The molecule has 1 aromatic heterocycles. The van der Waals surface area contributed by atoms with Crippen molar-refractivity contribution in [1.29, 1.82) is 5.26 Å². The van der Waals surface area contributed by atoms with Gasteiger partial charge in [-0.3, -0.25) is 0 Å². The van der Waals surface area contributed by atoms with Crippen molar-refractivity contribution in [1.82, 2.24) is 5.32 Å². The Balaban J connectivity index is 2.27. The second-order valence-corrected chi connectivity index (χ2v) is 3.32. The van der Waals surface area contributed by atoms with E-state index < -0.39 is 0 Å². The van der Waals surface area contributed by atoms with Crippen LogP contribution in [0.2, 0.25) is 0 Å². The molecular weight excluding hydrogens is 192 g/mol. The lowest BCUT2D eigenvalue weighted by Gasteiger charge is -2.11. The van der Waals surface area contributed by atoms with Gasteiger partial charge in [-0.25, -0.2) is 0 Å². The molecule has 0 aliphatic heterocycles. The molecule has 0 bridgehead atoms. The molecule has 1 N–H and O–H groups in total. The van der Waals surface area contributed by atoms with Crippen LogP contribution in [0.15, 0.2) is 16.5 Å². The number of nitriles is 1. The van der Waals surface area contributed by atoms with Crippen LogP contribution in [-0.4, -0.2) is 19.3 Å². The van der Waals surface area contributed by atoms with E-state index in [0.717, 1.165) is 12.4 Å². The first-order chi connectivity index (χ1) is 7.26. The number of nitrogens with one attached hydrogen (secondary N) is 1. The van der Waals surface area contributed by atoms with Crippen molar-refractivity contribution in [3.05, 3.63) is 23.7 Å². The number of hydrogen-bond donors (Lipinski definition) is 1. The second kappa shape index (κ2) is 6.23. The molecule has 0 aliphatic carbocycles. The van der Waals surface area contributed by atoms with Gasteiger partial charge < -0.3 is 14.5 Å². The van der Waals surface area contributed by atoms with Crippen LogP contribution in [0.3, 0.4) is 0 Å². The monoisotopic (exact) mass is 208 g/mol. The Bertz CT molecular complexity index is 328. The number of rotatable bonds is 6. The maximum atomic E-state index is 8.56. The summed E-state index contributed by atoms with van der Waals surface area (Å²) in [5.74, 6) is 1.12. The summed E-state index contributed by atoms with van der Waals surface area (Å²) >= 11 is 0. The number of nitrogens with zero attached hydrogens (tertiary/aromatic N) is 1. The quantitative estimate of drug-likeness (QED) is 0.772. The normalized spacial score (nSPS) is 12.3. The molecule has 0 aromatic carbocycles. The van der Waals surface area contributed by atoms with Gasteiger partial charge in [0.05, 0.1) is 13.2 Å². The van der Waals surface area contributed by atoms with Gasteiger partial charge in [-0.2, -0.15) is 5.26 Å². The van der Waals surface area contributed by atoms with Crippen molar-refractivity contribution in [3.8, 4) is 6.07 Å². The third-order valence-corrected chi connectivity index (χ3v) is 1.97. The summed E-state index contributed by atoms with van der Waals surface area (Å²) in [5, 5.41) is 11.8. The van der Waals surface area contributed by atoms with Gasteiger partial charge in [0.1, 0.15) is 11.8 Å². The van der Waals surface area contributed by atoms with Crippen molar-refractivity contribution >= 4 is 0 Å². The van der Waals surface area contributed by atoms with Gasteiger partial charge in [0.15, 0.2) is 0 Å². The summed E-state index contributed by atoms with van der Waals surface area (Å²) in [6, 6.07) is 5.70. The summed E-state index contributed by atoms with van der Waals surface area (Å²) in [5.41, 5.74) is 0. The maximum absolute atomic E-state index is 8.56. The molecule has 1 heterocycles. The Morgan fingerprint density at radius 3 is 3.00 bits per heavy atom. The molecule has 4 heteroatoms. The molecule has 0 aliphatic rings. The van der Waals surface area contributed by atoms with Crippen LogP contribution < -0.4 is 5.32 Å². The molecular formula is C11H16N2O2. The first-order valence-corrected chi connectivity index (χ1v) is 5.06. The highest BCUT2D eigenvalue weighted by atomic mass is 16.5. The highest BCUT2D eigenvalue weighted by Gasteiger charge is 2.04. The zero-order chi connectivity index (χ0) is 11.1. The van der Waals surface area contributed by atoms with Gasteiger partial charge in [-0.1, -0.05) is 0 Å². The van der Waals surface area contributed by atoms with Crippen LogP contribution in [0.1, 0.15) is 25.4 Å². The average Bonchev–Trinajstić information content (AvgIpc) is 2.71. The molecule has 0 saturated carbocycles. The van der Waals surface area contributed by atoms with Crippen LogP contribution in [0.4, 0.5) is 0 Å². The molecule has 0 fully saturated rings. The van der Waals surface area contributed by atoms with Gasteiger partial charge in [-0.15, -0.1) is 0 Å². The van der Waals surface area contributed by atoms with Gasteiger partial charge >= 0.3 is 0 Å². The molecule has 15 heavy (non-hydrogen) atoms. The van der Waals surface area contributed by atoms with E-state index in [1.165, 1.54) is 0 Å². The van der Waals surface area contributed by atoms with Crippen molar-refractivity contribution in [2.45, 2.75) is 26.4 Å². The van der Waals surface area contributed by atoms with Crippen LogP contribution in [-0.2, 0) is 11.3 Å². The van der Waals surface area contributed by atoms with Crippen molar-refractivity contribution in [2.75, 3.05) is 13.2 Å². The van der Waals surface area contributed by atoms with E-state index in [-0.39, 0.29) is 6.04 Å². The molecule has 0 radical (unpaired) electrons.